The maximum absolute atomic E-state index is 12.0. The molecule has 0 spiro atoms. The van der Waals surface area contributed by atoms with Gasteiger partial charge >= 0.3 is 0 Å². The van der Waals surface area contributed by atoms with Crippen LogP contribution in [0.5, 0.6) is 0 Å². The van der Waals surface area contributed by atoms with Gasteiger partial charge in [0.25, 0.3) is 0 Å². The maximum Gasteiger partial charge on any atom is 0.139 e. The summed E-state index contributed by atoms with van der Waals surface area (Å²) in [7, 11) is 1.64. The van der Waals surface area contributed by atoms with Gasteiger partial charge in [0.1, 0.15) is 5.78 Å². The predicted molar refractivity (Wildman–Crippen MR) is 105 cm³/mol. The van der Waals surface area contributed by atoms with Gasteiger partial charge in [-0.05, 0) is 24.1 Å². The number of methoxy groups -OCH3 is 1. The van der Waals surface area contributed by atoms with Gasteiger partial charge in [-0.2, -0.15) is 0 Å². The summed E-state index contributed by atoms with van der Waals surface area (Å²) in [5.41, 5.74) is 1.94. The van der Waals surface area contributed by atoms with Gasteiger partial charge in [0.2, 0.25) is 0 Å². The number of aryl methyl sites for hydroxylation is 1. The fourth-order valence-corrected chi connectivity index (χ4v) is 2.49. The zero-order valence-corrected chi connectivity index (χ0v) is 17.1. The monoisotopic (exact) mass is 402 g/mol. The molecule has 6 nitrogen and oxygen atoms in total. The summed E-state index contributed by atoms with van der Waals surface area (Å²) < 4.78 is 26.3. The molecule has 0 aliphatic heterocycles. The van der Waals surface area contributed by atoms with Crippen LogP contribution in [0, 0.1) is 6.92 Å². The Labute approximate surface area is 167 Å². The Morgan fingerprint density at radius 1 is 0.852 bits per heavy atom. The van der Waals surface area contributed by atoms with Gasteiger partial charge in [-0.25, -0.2) is 0 Å². The van der Waals surface area contributed by atoms with Crippen molar-refractivity contribution in [1.82, 2.24) is 0 Å². The minimum atomic E-state index is 0.114. The van der Waals surface area contributed by atoms with E-state index in [1.165, 1.54) is 0 Å². The molecule has 0 radical (unpaired) electrons. The van der Waals surface area contributed by atoms with Crippen LogP contribution in [0.1, 0.15) is 17.5 Å². The molecule has 0 aliphatic rings. The molecule has 1 aromatic carbocycles. The summed E-state index contributed by atoms with van der Waals surface area (Å²) >= 11 is 6.14. The number of rotatable bonds is 17. The molecule has 0 bridgehead atoms. The zero-order valence-electron chi connectivity index (χ0n) is 16.3. The molecule has 27 heavy (non-hydrogen) atoms. The van der Waals surface area contributed by atoms with Crippen LogP contribution in [-0.4, -0.2) is 72.4 Å². The molecule has 1 aromatic rings. The second kappa shape index (κ2) is 16.0. The Kier molecular flexibility index (Phi) is 14.2. The molecule has 1 rings (SSSR count). The maximum atomic E-state index is 12.0. The van der Waals surface area contributed by atoms with Crippen molar-refractivity contribution in [3.8, 4) is 0 Å². The Morgan fingerprint density at radius 2 is 1.37 bits per heavy atom. The molecule has 0 aliphatic carbocycles. The second-order valence-corrected chi connectivity index (χ2v) is 6.41. The van der Waals surface area contributed by atoms with E-state index in [-0.39, 0.29) is 5.78 Å². The summed E-state index contributed by atoms with van der Waals surface area (Å²) in [5, 5.41) is 0.640. The van der Waals surface area contributed by atoms with Crippen molar-refractivity contribution in [2.45, 2.75) is 19.8 Å². The molecule has 0 aromatic heterocycles. The smallest absolute Gasteiger partial charge is 0.139 e. The number of hydrogen-bond acceptors (Lipinski definition) is 6. The van der Waals surface area contributed by atoms with Gasteiger partial charge in [0.05, 0.1) is 59.5 Å². The molecule has 0 fully saturated rings. The summed E-state index contributed by atoms with van der Waals surface area (Å²) in [4.78, 5) is 12.0. The lowest BCUT2D eigenvalue weighted by atomic mass is 10.1. The van der Waals surface area contributed by atoms with Gasteiger partial charge in [-0.3, -0.25) is 4.79 Å². The molecule has 154 valence electrons. The van der Waals surface area contributed by atoms with Crippen LogP contribution >= 0.6 is 11.6 Å². The Morgan fingerprint density at radius 3 is 1.89 bits per heavy atom. The lowest BCUT2D eigenvalue weighted by Crippen LogP contribution is -2.14. The molecule has 0 atom stereocenters. The van der Waals surface area contributed by atoms with E-state index >= 15 is 0 Å². The third kappa shape index (κ3) is 12.9. The largest absolute Gasteiger partial charge is 0.382 e. The summed E-state index contributed by atoms with van der Waals surface area (Å²) in [6, 6.07) is 5.73. The molecule has 0 N–H and O–H groups in total. The number of Topliss-reactive ketones (excluding diaryl/α,β-unsaturated/α-hetero) is 1. The third-order valence-electron chi connectivity index (χ3n) is 3.67. The van der Waals surface area contributed by atoms with Crippen molar-refractivity contribution in [1.29, 1.82) is 0 Å². The Bertz CT molecular complexity index is 523. The van der Waals surface area contributed by atoms with Crippen LogP contribution in [0.25, 0.3) is 0 Å². The first kappa shape index (κ1) is 24.0. The molecule has 7 heteroatoms. The first-order chi connectivity index (χ1) is 13.1. The van der Waals surface area contributed by atoms with Gasteiger partial charge in [0, 0.05) is 25.0 Å². The highest BCUT2D eigenvalue weighted by Crippen LogP contribution is 2.18. The van der Waals surface area contributed by atoms with Crippen LogP contribution in [-0.2, 0) is 34.9 Å². The topological polar surface area (TPSA) is 63.2 Å². The molecular weight excluding hydrogens is 372 g/mol. The van der Waals surface area contributed by atoms with Crippen LogP contribution in [0.3, 0.4) is 0 Å². The minimum absolute atomic E-state index is 0.114. The fourth-order valence-electron chi connectivity index (χ4n) is 2.19. The van der Waals surface area contributed by atoms with Crippen LogP contribution in [0.15, 0.2) is 18.2 Å². The molecular formula is C20H31ClO6. The Balaban J connectivity index is 1.89. The minimum Gasteiger partial charge on any atom is -0.382 e. The van der Waals surface area contributed by atoms with Crippen molar-refractivity contribution in [3.05, 3.63) is 34.3 Å². The average Bonchev–Trinajstić information content (AvgIpc) is 2.64. The molecule has 0 heterocycles. The van der Waals surface area contributed by atoms with Gasteiger partial charge in [-0.15, -0.1) is 0 Å². The number of carbonyl (C=O) groups is 1. The van der Waals surface area contributed by atoms with Crippen molar-refractivity contribution in [2.24, 2.45) is 0 Å². The SMILES string of the molecule is COCCOCCOCCOCCOCCC(=O)Cc1ccc(C)cc1Cl. The summed E-state index contributed by atoms with van der Waals surface area (Å²) in [5.74, 6) is 0.114. The van der Waals surface area contributed by atoms with Gasteiger partial charge in [0.15, 0.2) is 0 Å². The number of halogens is 1. The van der Waals surface area contributed by atoms with Crippen molar-refractivity contribution < 1.29 is 28.5 Å². The van der Waals surface area contributed by atoms with E-state index in [1.807, 2.05) is 25.1 Å². The van der Waals surface area contributed by atoms with Crippen LogP contribution in [0.4, 0.5) is 0 Å². The summed E-state index contributed by atoms with van der Waals surface area (Å²) in [6.45, 7) is 6.58. The van der Waals surface area contributed by atoms with E-state index < -0.39 is 0 Å². The first-order valence-corrected chi connectivity index (χ1v) is 9.58. The highest BCUT2D eigenvalue weighted by atomic mass is 35.5. The standard InChI is InChI=1S/C20H31ClO6/c1-17-3-4-18(20(21)15-17)16-19(22)5-6-24-9-10-26-13-14-27-12-11-25-8-7-23-2/h3-4,15H,5-14,16H2,1-2H3. The number of benzene rings is 1. The molecule has 0 unspecified atom stereocenters. The van der Waals surface area contributed by atoms with Gasteiger partial charge in [-0.1, -0.05) is 23.7 Å². The number of ether oxygens (including phenoxy) is 5. The third-order valence-corrected chi connectivity index (χ3v) is 4.02. The van der Waals surface area contributed by atoms with E-state index in [0.717, 1.165) is 11.1 Å². The second-order valence-electron chi connectivity index (χ2n) is 6.00. The summed E-state index contributed by atoms with van der Waals surface area (Å²) in [6.07, 6.45) is 0.710. The van der Waals surface area contributed by atoms with Gasteiger partial charge < -0.3 is 23.7 Å². The van der Waals surface area contributed by atoms with E-state index in [0.29, 0.717) is 77.3 Å². The van der Waals surface area contributed by atoms with E-state index in [4.69, 9.17) is 35.3 Å². The first-order valence-electron chi connectivity index (χ1n) is 9.20. The van der Waals surface area contributed by atoms with Crippen LogP contribution < -0.4 is 0 Å². The highest BCUT2D eigenvalue weighted by Gasteiger charge is 2.07. The molecule has 0 saturated carbocycles. The van der Waals surface area contributed by atoms with Crippen molar-refractivity contribution in [2.75, 3.05) is 66.6 Å². The zero-order chi connectivity index (χ0) is 19.7. The number of ketones is 1. The van der Waals surface area contributed by atoms with Crippen molar-refractivity contribution in [3.63, 3.8) is 0 Å². The number of hydrogen-bond donors (Lipinski definition) is 0. The van der Waals surface area contributed by atoms with Crippen molar-refractivity contribution >= 4 is 17.4 Å². The van der Waals surface area contributed by atoms with E-state index in [2.05, 4.69) is 0 Å². The molecule has 0 saturated heterocycles. The lowest BCUT2D eigenvalue weighted by Gasteiger charge is -2.08. The van der Waals surface area contributed by atoms with Crippen LogP contribution in [0.2, 0.25) is 5.02 Å². The lowest BCUT2D eigenvalue weighted by molar-refractivity contribution is -0.119. The fraction of sp³-hybridized carbons (Fsp3) is 0.650. The predicted octanol–water partition coefficient (Wildman–Crippen LogP) is 2.86. The highest BCUT2D eigenvalue weighted by molar-refractivity contribution is 6.31. The normalized spacial score (nSPS) is 11.1. The van der Waals surface area contributed by atoms with E-state index in [9.17, 15) is 4.79 Å². The molecule has 0 amide bonds. The quantitative estimate of drug-likeness (QED) is 0.373. The van der Waals surface area contributed by atoms with E-state index in [1.54, 1.807) is 7.11 Å². The Hall–Kier alpha value is -1.02. The average molecular weight is 403 g/mol. The number of carbonyl (C=O) groups excluding carboxylic acids is 1.